The molecule has 2 heterocycles. The van der Waals surface area contributed by atoms with Crippen LogP contribution in [0.4, 0.5) is 15.8 Å². The molecule has 0 bridgehead atoms. The summed E-state index contributed by atoms with van der Waals surface area (Å²) in [5.41, 5.74) is 4.78. The van der Waals surface area contributed by atoms with Crippen LogP contribution >= 0.6 is 0 Å². The summed E-state index contributed by atoms with van der Waals surface area (Å²) in [6, 6.07) is 7.64. The van der Waals surface area contributed by atoms with E-state index in [-0.39, 0.29) is 5.82 Å². The van der Waals surface area contributed by atoms with Gasteiger partial charge in [0.2, 0.25) is 0 Å². The Morgan fingerprint density at radius 2 is 2.20 bits per heavy atom. The molecule has 0 atom stereocenters. The van der Waals surface area contributed by atoms with Gasteiger partial charge in [-0.15, -0.1) is 0 Å². The molecule has 3 nitrogen and oxygen atoms in total. The van der Waals surface area contributed by atoms with Gasteiger partial charge >= 0.3 is 0 Å². The van der Waals surface area contributed by atoms with Gasteiger partial charge in [0.15, 0.2) is 5.65 Å². The number of anilines is 2. The standard InChI is InChI=1S/C16H16FN3/c1-3-12-6-4-5-11(2)15(12)19-14-9-13(17)10-20-8-7-18-16(14)20/h4-10,19H,3H2,1-2H3. The van der Waals surface area contributed by atoms with Crippen LogP contribution in [0.5, 0.6) is 0 Å². The van der Waals surface area contributed by atoms with Crippen LogP contribution in [0.2, 0.25) is 0 Å². The van der Waals surface area contributed by atoms with Crippen molar-refractivity contribution in [3.63, 3.8) is 0 Å². The Kier molecular flexibility index (Phi) is 3.14. The minimum absolute atomic E-state index is 0.287. The number of benzene rings is 1. The van der Waals surface area contributed by atoms with Crippen LogP contribution in [0.15, 0.2) is 42.9 Å². The SMILES string of the molecule is CCc1cccc(C)c1Nc1cc(F)cn2ccnc12. The van der Waals surface area contributed by atoms with Crippen molar-refractivity contribution in [3.8, 4) is 0 Å². The maximum absolute atomic E-state index is 13.7. The van der Waals surface area contributed by atoms with E-state index in [9.17, 15) is 4.39 Å². The Hall–Kier alpha value is -2.36. The van der Waals surface area contributed by atoms with E-state index in [1.54, 1.807) is 16.8 Å². The minimum atomic E-state index is -0.287. The van der Waals surface area contributed by atoms with Crippen LogP contribution in [0.25, 0.3) is 5.65 Å². The molecule has 0 radical (unpaired) electrons. The molecular weight excluding hydrogens is 253 g/mol. The first-order valence-corrected chi connectivity index (χ1v) is 6.66. The predicted molar refractivity (Wildman–Crippen MR) is 79.0 cm³/mol. The average Bonchev–Trinajstić information content (AvgIpc) is 2.89. The molecule has 0 aliphatic carbocycles. The molecule has 0 saturated heterocycles. The van der Waals surface area contributed by atoms with Gasteiger partial charge in [-0.2, -0.15) is 0 Å². The van der Waals surface area contributed by atoms with Gasteiger partial charge in [0.1, 0.15) is 5.82 Å². The lowest BCUT2D eigenvalue weighted by molar-refractivity contribution is 0.620. The summed E-state index contributed by atoms with van der Waals surface area (Å²) >= 11 is 0. The number of aryl methyl sites for hydroxylation is 2. The van der Waals surface area contributed by atoms with Crippen molar-refractivity contribution in [2.75, 3.05) is 5.32 Å². The van der Waals surface area contributed by atoms with Crippen molar-refractivity contribution in [2.45, 2.75) is 20.3 Å². The number of halogens is 1. The van der Waals surface area contributed by atoms with E-state index in [1.807, 2.05) is 19.1 Å². The molecule has 0 amide bonds. The van der Waals surface area contributed by atoms with Crippen molar-refractivity contribution in [1.82, 2.24) is 9.38 Å². The molecule has 1 aromatic carbocycles. The molecule has 4 heteroatoms. The predicted octanol–water partition coefficient (Wildman–Crippen LogP) is 4.09. The molecule has 0 saturated carbocycles. The summed E-state index contributed by atoms with van der Waals surface area (Å²) in [5, 5.41) is 3.34. The van der Waals surface area contributed by atoms with E-state index in [2.05, 4.69) is 23.3 Å². The van der Waals surface area contributed by atoms with Crippen LogP contribution in [0.1, 0.15) is 18.1 Å². The molecule has 1 N–H and O–H groups in total. The van der Waals surface area contributed by atoms with Gasteiger partial charge in [-0.3, -0.25) is 0 Å². The number of imidazole rings is 1. The van der Waals surface area contributed by atoms with Crippen molar-refractivity contribution in [1.29, 1.82) is 0 Å². The van der Waals surface area contributed by atoms with Crippen molar-refractivity contribution < 1.29 is 4.39 Å². The second-order valence-electron chi connectivity index (χ2n) is 4.82. The molecule has 20 heavy (non-hydrogen) atoms. The molecule has 2 aromatic heterocycles. The van der Waals surface area contributed by atoms with Crippen LogP contribution < -0.4 is 5.32 Å². The van der Waals surface area contributed by atoms with Crippen molar-refractivity contribution in [2.24, 2.45) is 0 Å². The summed E-state index contributed by atoms with van der Waals surface area (Å²) in [6.07, 6.45) is 5.75. The number of nitrogens with zero attached hydrogens (tertiary/aromatic N) is 2. The van der Waals surface area contributed by atoms with Crippen LogP contribution in [-0.2, 0) is 6.42 Å². The zero-order valence-corrected chi connectivity index (χ0v) is 11.5. The van der Waals surface area contributed by atoms with E-state index in [1.165, 1.54) is 17.8 Å². The number of hydrogen-bond donors (Lipinski definition) is 1. The molecule has 0 spiro atoms. The highest BCUT2D eigenvalue weighted by atomic mass is 19.1. The second kappa shape index (κ2) is 4.96. The van der Waals surface area contributed by atoms with Gasteiger partial charge in [0, 0.05) is 30.3 Å². The number of aromatic nitrogens is 2. The van der Waals surface area contributed by atoms with Gasteiger partial charge in [-0.25, -0.2) is 9.37 Å². The van der Waals surface area contributed by atoms with Crippen LogP contribution in [-0.4, -0.2) is 9.38 Å². The first-order chi connectivity index (χ1) is 9.69. The maximum atomic E-state index is 13.7. The van der Waals surface area contributed by atoms with E-state index in [4.69, 9.17) is 0 Å². The largest absolute Gasteiger partial charge is 0.352 e. The molecule has 0 aliphatic rings. The van der Waals surface area contributed by atoms with Crippen molar-refractivity contribution >= 4 is 17.0 Å². The fourth-order valence-corrected chi connectivity index (χ4v) is 2.43. The molecule has 3 rings (SSSR count). The highest BCUT2D eigenvalue weighted by Crippen LogP contribution is 2.27. The highest BCUT2D eigenvalue weighted by molar-refractivity contribution is 5.76. The van der Waals surface area contributed by atoms with Crippen molar-refractivity contribution in [3.05, 3.63) is 59.8 Å². The fourth-order valence-electron chi connectivity index (χ4n) is 2.43. The number of nitrogens with one attached hydrogen (secondary N) is 1. The maximum Gasteiger partial charge on any atom is 0.160 e. The lowest BCUT2D eigenvalue weighted by Crippen LogP contribution is -2.01. The normalized spacial score (nSPS) is 10.9. The molecule has 0 unspecified atom stereocenters. The quantitative estimate of drug-likeness (QED) is 0.776. The Morgan fingerprint density at radius 1 is 1.35 bits per heavy atom. The Balaban J connectivity index is 2.12. The van der Waals surface area contributed by atoms with Crippen LogP contribution in [0, 0.1) is 12.7 Å². The first-order valence-electron chi connectivity index (χ1n) is 6.66. The van der Waals surface area contributed by atoms with Gasteiger partial charge in [-0.05, 0) is 24.5 Å². The summed E-state index contributed by atoms with van der Waals surface area (Å²) in [7, 11) is 0. The average molecular weight is 269 g/mol. The monoisotopic (exact) mass is 269 g/mol. The third kappa shape index (κ3) is 2.13. The number of pyridine rings is 1. The number of fused-ring (bicyclic) bond motifs is 1. The topological polar surface area (TPSA) is 29.3 Å². The second-order valence-corrected chi connectivity index (χ2v) is 4.82. The number of para-hydroxylation sites is 1. The van der Waals surface area contributed by atoms with Gasteiger partial charge in [-0.1, -0.05) is 25.1 Å². The van der Waals surface area contributed by atoms with E-state index in [0.717, 1.165) is 23.3 Å². The summed E-state index contributed by atoms with van der Waals surface area (Å²) in [6.45, 7) is 4.15. The summed E-state index contributed by atoms with van der Waals surface area (Å²) < 4.78 is 15.4. The lowest BCUT2D eigenvalue weighted by atomic mass is 10.1. The molecule has 102 valence electrons. The highest BCUT2D eigenvalue weighted by Gasteiger charge is 2.09. The number of rotatable bonds is 3. The minimum Gasteiger partial charge on any atom is -0.352 e. The van der Waals surface area contributed by atoms with Gasteiger partial charge < -0.3 is 9.72 Å². The molecule has 0 fully saturated rings. The Bertz CT molecular complexity index is 762. The van der Waals surface area contributed by atoms with E-state index >= 15 is 0 Å². The zero-order chi connectivity index (χ0) is 14.1. The van der Waals surface area contributed by atoms with Crippen LogP contribution in [0.3, 0.4) is 0 Å². The number of hydrogen-bond acceptors (Lipinski definition) is 2. The summed E-state index contributed by atoms with van der Waals surface area (Å²) in [5.74, 6) is -0.287. The van der Waals surface area contributed by atoms with Gasteiger partial charge in [0.25, 0.3) is 0 Å². The first kappa shape index (κ1) is 12.7. The fraction of sp³-hybridized carbons (Fsp3) is 0.188. The van der Waals surface area contributed by atoms with Gasteiger partial charge in [0.05, 0.1) is 5.69 Å². The Morgan fingerprint density at radius 3 is 3.00 bits per heavy atom. The summed E-state index contributed by atoms with van der Waals surface area (Å²) in [4.78, 5) is 4.27. The van der Waals surface area contributed by atoms with E-state index < -0.39 is 0 Å². The molecular formula is C16H16FN3. The van der Waals surface area contributed by atoms with E-state index in [0.29, 0.717) is 5.69 Å². The smallest absolute Gasteiger partial charge is 0.160 e. The molecule has 3 aromatic rings. The zero-order valence-electron chi connectivity index (χ0n) is 11.5. The third-order valence-electron chi connectivity index (χ3n) is 3.45. The Labute approximate surface area is 117 Å². The third-order valence-corrected chi connectivity index (χ3v) is 3.45. The lowest BCUT2D eigenvalue weighted by Gasteiger charge is -2.14. The molecule has 0 aliphatic heterocycles.